The normalized spacial score (nSPS) is 10.4. The summed E-state index contributed by atoms with van der Waals surface area (Å²) in [5, 5.41) is 0. The van der Waals surface area contributed by atoms with Gasteiger partial charge in [0, 0.05) is 6.54 Å². The third kappa shape index (κ3) is 4.97. The monoisotopic (exact) mass is 225 g/mol. The van der Waals surface area contributed by atoms with Crippen molar-refractivity contribution < 1.29 is 43.6 Å². The molecule has 0 amide bonds. The van der Waals surface area contributed by atoms with Crippen LogP contribution in [0.5, 0.6) is 5.75 Å². The molecule has 0 radical (unpaired) electrons. The van der Waals surface area contributed by atoms with Crippen LogP contribution in [0.15, 0.2) is 30.3 Å². The van der Waals surface area contributed by atoms with Gasteiger partial charge in [-0.05, 0) is 12.1 Å². The van der Waals surface area contributed by atoms with Crippen LogP contribution in [0.3, 0.4) is 0 Å². The Morgan fingerprint density at radius 3 is 2.36 bits per heavy atom. The minimum atomic E-state index is -3.51. The van der Waals surface area contributed by atoms with Crippen LogP contribution in [0, 0.1) is 0 Å². The first kappa shape index (κ1) is 13.9. The van der Waals surface area contributed by atoms with Crippen LogP contribution in [0.2, 0.25) is 0 Å². The fraction of sp³-hybridized carbons (Fsp3) is 0.250. The van der Waals surface area contributed by atoms with Crippen molar-refractivity contribution in [2.24, 2.45) is 5.73 Å². The summed E-state index contributed by atoms with van der Waals surface area (Å²) >= 11 is 0. The van der Waals surface area contributed by atoms with Crippen LogP contribution in [0.1, 0.15) is 1.43 Å². The summed E-state index contributed by atoms with van der Waals surface area (Å²) in [5.74, 6) is 0.151. The van der Waals surface area contributed by atoms with E-state index in [0.717, 1.165) is 0 Å². The number of hydrogen-bond acceptors (Lipinski definition) is 4. The van der Waals surface area contributed by atoms with Gasteiger partial charge in [-0.15, -0.1) is 0 Å². The summed E-state index contributed by atoms with van der Waals surface area (Å²) < 4.78 is 26.9. The van der Waals surface area contributed by atoms with Crippen molar-refractivity contribution in [1.29, 1.82) is 0 Å². The van der Waals surface area contributed by atoms with E-state index in [1.165, 1.54) is 0 Å². The molecule has 1 rings (SSSR count). The van der Waals surface area contributed by atoms with Gasteiger partial charge in [0.25, 0.3) is 0 Å². The predicted octanol–water partition coefficient (Wildman–Crippen LogP) is -2.53. The van der Waals surface area contributed by atoms with Gasteiger partial charge in [-0.1, -0.05) is 18.2 Å². The van der Waals surface area contributed by atoms with E-state index in [4.69, 9.17) is 9.92 Å². The molecule has 0 saturated carbocycles. The second kappa shape index (κ2) is 6.42. The number of para-hydroxylation sites is 1. The Morgan fingerprint density at radius 1 is 1.29 bits per heavy atom. The van der Waals surface area contributed by atoms with E-state index in [0.29, 0.717) is 5.75 Å². The van der Waals surface area contributed by atoms with Crippen molar-refractivity contribution in [3.8, 4) is 5.75 Å². The Bertz CT molecular complexity index is 357. The molecule has 0 bridgehead atoms. The number of rotatable bonds is 4. The van der Waals surface area contributed by atoms with Crippen molar-refractivity contribution in [2.75, 3.05) is 12.3 Å². The Kier molecular flexibility index (Phi) is 6.39. The molecule has 0 heterocycles. The summed E-state index contributed by atoms with van der Waals surface area (Å²) in [5.41, 5.74) is 5.11. The first-order valence-electron chi connectivity index (χ1n) is 3.81. The van der Waals surface area contributed by atoms with E-state index in [1.807, 2.05) is 0 Å². The van der Waals surface area contributed by atoms with Crippen LogP contribution in [0.4, 0.5) is 0 Å². The molecule has 1 aromatic carbocycles. The van der Waals surface area contributed by atoms with Gasteiger partial charge in [-0.3, -0.25) is 0 Å². The summed E-state index contributed by atoms with van der Waals surface area (Å²) in [6, 6.07) is 8.34. The van der Waals surface area contributed by atoms with Gasteiger partial charge in [0.05, 0.1) is 5.75 Å². The molecule has 14 heavy (non-hydrogen) atoms. The second-order valence-electron chi connectivity index (χ2n) is 2.45. The molecule has 0 aliphatic carbocycles. The van der Waals surface area contributed by atoms with Crippen molar-refractivity contribution in [1.82, 2.24) is 0 Å². The molecule has 2 N–H and O–H groups in total. The van der Waals surface area contributed by atoms with Crippen LogP contribution in [0.25, 0.3) is 0 Å². The topological polar surface area (TPSA) is 69.4 Å². The molecule has 0 spiro atoms. The standard InChI is InChI=1S/C8H11NO3S.Na.H/c9-6-7-13(10,11)12-8-4-2-1-3-5-8;;/h1-5H,6-7,9H2;;/q;+1;-1. The Balaban J connectivity index is 0. The quantitative estimate of drug-likeness (QED) is 0.453. The fourth-order valence-electron chi connectivity index (χ4n) is 0.809. The summed E-state index contributed by atoms with van der Waals surface area (Å²) in [6.07, 6.45) is 0. The van der Waals surface area contributed by atoms with Crippen LogP contribution in [-0.4, -0.2) is 20.7 Å². The van der Waals surface area contributed by atoms with Gasteiger partial charge in [0.1, 0.15) is 5.75 Å². The second-order valence-corrected chi connectivity index (χ2v) is 4.14. The van der Waals surface area contributed by atoms with E-state index in [2.05, 4.69) is 0 Å². The third-order valence-electron chi connectivity index (χ3n) is 1.33. The van der Waals surface area contributed by atoms with Crippen LogP contribution in [-0.2, 0) is 10.1 Å². The summed E-state index contributed by atoms with van der Waals surface area (Å²) in [6.45, 7) is 0.0646. The maximum Gasteiger partial charge on any atom is 1.00 e. The van der Waals surface area contributed by atoms with Crippen LogP contribution < -0.4 is 39.5 Å². The van der Waals surface area contributed by atoms with Gasteiger partial charge in [-0.2, -0.15) is 8.42 Å². The van der Waals surface area contributed by atoms with Crippen molar-refractivity contribution in [2.45, 2.75) is 0 Å². The maximum absolute atomic E-state index is 11.1. The third-order valence-corrected chi connectivity index (χ3v) is 2.52. The SMILES string of the molecule is NCCS(=O)(=O)Oc1ccccc1.[H-].[Na+]. The molecule has 0 saturated heterocycles. The molecule has 0 atom stereocenters. The molecule has 6 heteroatoms. The van der Waals surface area contributed by atoms with E-state index in [1.54, 1.807) is 30.3 Å². The summed E-state index contributed by atoms with van der Waals surface area (Å²) in [7, 11) is -3.51. The van der Waals surface area contributed by atoms with Gasteiger partial charge < -0.3 is 11.3 Å². The number of nitrogens with two attached hydrogens (primary N) is 1. The zero-order valence-electron chi connectivity index (χ0n) is 9.01. The van der Waals surface area contributed by atoms with E-state index < -0.39 is 10.1 Å². The number of hydrogen-bond donors (Lipinski definition) is 1. The summed E-state index contributed by atoms with van der Waals surface area (Å²) in [4.78, 5) is 0. The average Bonchev–Trinajstić information content (AvgIpc) is 2.04. The molecule has 0 aliphatic heterocycles. The number of benzene rings is 1. The zero-order valence-corrected chi connectivity index (χ0v) is 10.8. The molecule has 0 unspecified atom stereocenters. The van der Waals surface area contributed by atoms with Crippen LogP contribution >= 0.6 is 0 Å². The average molecular weight is 225 g/mol. The van der Waals surface area contributed by atoms with Gasteiger partial charge >= 0.3 is 39.7 Å². The predicted molar refractivity (Wildman–Crippen MR) is 51.0 cm³/mol. The Labute approximate surface area is 107 Å². The molecule has 0 fully saturated rings. The molecular formula is C8H12NNaO3S. The van der Waals surface area contributed by atoms with Gasteiger partial charge in [-0.25, -0.2) is 0 Å². The molecular weight excluding hydrogens is 213 g/mol. The molecule has 0 aromatic heterocycles. The maximum atomic E-state index is 11.1. The van der Waals surface area contributed by atoms with E-state index in [-0.39, 0.29) is 43.3 Å². The van der Waals surface area contributed by atoms with Crippen molar-refractivity contribution >= 4 is 10.1 Å². The Hall–Kier alpha value is -0.0700. The van der Waals surface area contributed by atoms with Crippen molar-refractivity contribution in [3.05, 3.63) is 30.3 Å². The molecule has 74 valence electrons. The van der Waals surface area contributed by atoms with Gasteiger partial charge in [0.15, 0.2) is 0 Å². The minimum absolute atomic E-state index is 0. The molecule has 4 nitrogen and oxygen atoms in total. The smallest absolute Gasteiger partial charge is 1.00 e. The fourth-order valence-corrected chi connectivity index (χ4v) is 1.59. The first-order chi connectivity index (χ1) is 6.14. The first-order valence-corrected chi connectivity index (χ1v) is 5.39. The largest absolute Gasteiger partial charge is 1.00 e. The van der Waals surface area contributed by atoms with E-state index >= 15 is 0 Å². The minimum Gasteiger partial charge on any atom is -1.00 e. The Morgan fingerprint density at radius 2 is 1.86 bits per heavy atom. The van der Waals surface area contributed by atoms with E-state index in [9.17, 15) is 8.42 Å². The van der Waals surface area contributed by atoms with Crippen molar-refractivity contribution in [3.63, 3.8) is 0 Å². The van der Waals surface area contributed by atoms with Gasteiger partial charge in [0.2, 0.25) is 0 Å². The molecule has 1 aromatic rings. The zero-order chi connectivity index (χ0) is 9.73. The molecule has 0 aliphatic rings.